The zero-order valence-corrected chi connectivity index (χ0v) is 13.0. The summed E-state index contributed by atoms with van der Waals surface area (Å²) in [5, 5.41) is 0. The van der Waals surface area contributed by atoms with Crippen LogP contribution < -0.4 is 0 Å². The second-order valence-corrected chi connectivity index (χ2v) is 5.41. The number of fused-ring (bicyclic) bond motifs is 2. The van der Waals surface area contributed by atoms with Crippen LogP contribution in [-0.2, 0) is 6.42 Å². The maximum absolute atomic E-state index is 12.8. The topological polar surface area (TPSA) is 32.7 Å². The Morgan fingerprint density at radius 1 is 1.09 bits per heavy atom. The van der Waals surface area contributed by atoms with Crippen molar-refractivity contribution in [3.63, 3.8) is 0 Å². The molecule has 3 nitrogen and oxygen atoms in total. The zero-order chi connectivity index (χ0) is 15.5. The predicted molar refractivity (Wildman–Crippen MR) is 90.2 cm³/mol. The molecule has 22 heavy (non-hydrogen) atoms. The Bertz CT molecular complexity index is 730. The monoisotopic (exact) mass is 292 g/mol. The van der Waals surface area contributed by atoms with Crippen LogP contribution in [0.1, 0.15) is 40.9 Å². The summed E-state index contributed by atoms with van der Waals surface area (Å²) < 4.78 is 0. The van der Waals surface area contributed by atoms with E-state index in [0.29, 0.717) is 0 Å². The molecule has 0 atom stereocenters. The van der Waals surface area contributed by atoms with Gasteiger partial charge in [-0.3, -0.25) is 9.79 Å². The van der Waals surface area contributed by atoms with E-state index in [1.54, 1.807) is 0 Å². The first-order chi connectivity index (χ1) is 10.7. The van der Waals surface area contributed by atoms with E-state index in [1.807, 2.05) is 61.4 Å². The van der Waals surface area contributed by atoms with Gasteiger partial charge in [-0.2, -0.15) is 0 Å². The van der Waals surface area contributed by atoms with Crippen LogP contribution in [0.2, 0.25) is 0 Å². The SMILES string of the molecule is CCN(CC)C(=O)c1cccc2c1Cc1ccccc1N=C2. The van der Waals surface area contributed by atoms with Gasteiger partial charge in [-0.25, -0.2) is 0 Å². The lowest BCUT2D eigenvalue weighted by Crippen LogP contribution is -2.31. The molecular weight excluding hydrogens is 272 g/mol. The largest absolute Gasteiger partial charge is 0.339 e. The molecule has 1 amide bonds. The normalized spacial score (nSPS) is 12.3. The van der Waals surface area contributed by atoms with Crippen LogP contribution in [0.15, 0.2) is 47.5 Å². The van der Waals surface area contributed by atoms with Crippen molar-refractivity contribution in [1.82, 2.24) is 4.90 Å². The molecular formula is C19H20N2O. The quantitative estimate of drug-likeness (QED) is 0.722. The average molecular weight is 292 g/mol. The smallest absolute Gasteiger partial charge is 0.254 e. The fraction of sp³-hybridized carbons (Fsp3) is 0.263. The molecule has 0 fully saturated rings. The first-order valence-electron chi connectivity index (χ1n) is 7.77. The third-order valence-corrected chi connectivity index (χ3v) is 4.19. The van der Waals surface area contributed by atoms with Gasteiger partial charge in [0, 0.05) is 31.3 Å². The number of amides is 1. The number of carbonyl (C=O) groups is 1. The highest BCUT2D eigenvalue weighted by molar-refractivity contribution is 5.99. The van der Waals surface area contributed by atoms with Crippen molar-refractivity contribution in [1.29, 1.82) is 0 Å². The van der Waals surface area contributed by atoms with E-state index in [0.717, 1.165) is 47.5 Å². The predicted octanol–water partition coefficient (Wildman–Crippen LogP) is 3.82. The number of benzene rings is 2. The van der Waals surface area contributed by atoms with Crippen LogP contribution >= 0.6 is 0 Å². The van der Waals surface area contributed by atoms with Gasteiger partial charge in [0.25, 0.3) is 5.91 Å². The van der Waals surface area contributed by atoms with E-state index in [4.69, 9.17) is 0 Å². The molecule has 1 heterocycles. The van der Waals surface area contributed by atoms with Crippen LogP contribution in [-0.4, -0.2) is 30.1 Å². The molecule has 0 unspecified atom stereocenters. The summed E-state index contributed by atoms with van der Waals surface area (Å²) in [4.78, 5) is 19.2. The van der Waals surface area contributed by atoms with Crippen molar-refractivity contribution in [3.05, 3.63) is 64.7 Å². The van der Waals surface area contributed by atoms with Gasteiger partial charge in [-0.05, 0) is 42.7 Å². The van der Waals surface area contributed by atoms with E-state index in [2.05, 4.69) is 11.1 Å². The van der Waals surface area contributed by atoms with Gasteiger partial charge >= 0.3 is 0 Å². The molecule has 112 valence electrons. The van der Waals surface area contributed by atoms with E-state index in [9.17, 15) is 4.79 Å². The average Bonchev–Trinajstić information content (AvgIpc) is 2.74. The van der Waals surface area contributed by atoms with Crippen LogP contribution in [0.3, 0.4) is 0 Å². The zero-order valence-electron chi connectivity index (χ0n) is 13.0. The van der Waals surface area contributed by atoms with Gasteiger partial charge in [0.2, 0.25) is 0 Å². The van der Waals surface area contributed by atoms with Crippen LogP contribution in [0.5, 0.6) is 0 Å². The van der Waals surface area contributed by atoms with Gasteiger partial charge in [0.1, 0.15) is 0 Å². The van der Waals surface area contributed by atoms with E-state index in [1.165, 1.54) is 0 Å². The Morgan fingerprint density at radius 2 is 1.86 bits per heavy atom. The summed E-state index contributed by atoms with van der Waals surface area (Å²) in [6.45, 7) is 5.48. The molecule has 1 aliphatic heterocycles. The van der Waals surface area contributed by atoms with Gasteiger partial charge in [-0.15, -0.1) is 0 Å². The third kappa shape index (κ3) is 2.54. The fourth-order valence-corrected chi connectivity index (χ4v) is 2.92. The molecule has 0 aliphatic carbocycles. The first-order valence-corrected chi connectivity index (χ1v) is 7.77. The summed E-state index contributed by atoms with van der Waals surface area (Å²) in [7, 11) is 0. The molecule has 0 saturated carbocycles. The molecule has 2 aromatic carbocycles. The lowest BCUT2D eigenvalue weighted by Gasteiger charge is -2.21. The second-order valence-electron chi connectivity index (χ2n) is 5.41. The first kappa shape index (κ1) is 14.5. The molecule has 1 aliphatic rings. The van der Waals surface area contributed by atoms with E-state index in [-0.39, 0.29) is 5.91 Å². The number of aliphatic imine (C=N–C) groups is 1. The standard InChI is InChI=1S/C19H20N2O/c1-3-21(4-2)19(22)16-10-7-9-15-13-20-18-11-6-5-8-14(18)12-17(15)16/h5-11,13H,3-4,12H2,1-2H3. The molecule has 0 saturated heterocycles. The summed E-state index contributed by atoms with van der Waals surface area (Å²) in [6, 6.07) is 14.0. The fourth-order valence-electron chi connectivity index (χ4n) is 2.92. The van der Waals surface area contributed by atoms with Crippen molar-refractivity contribution in [2.45, 2.75) is 20.3 Å². The summed E-state index contributed by atoms with van der Waals surface area (Å²) in [6.07, 6.45) is 2.62. The number of para-hydroxylation sites is 1. The van der Waals surface area contributed by atoms with Gasteiger partial charge in [-0.1, -0.05) is 30.3 Å². The summed E-state index contributed by atoms with van der Waals surface area (Å²) in [5.41, 5.74) is 5.06. The Kier molecular flexibility index (Phi) is 4.05. The maximum atomic E-state index is 12.8. The summed E-state index contributed by atoms with van der Waals surface area (Å²) >= 11 is 0. The minimum absolute atomic E-state index is 0.106. The van der Waals surface area contributed by atoms with Crippen molar-refractivity contribution in [3.8, 4) is 0 Å². The molecule has 0 N–H and O–H groups in total. The Labute approximate surface area is 131 Å². The minimum Gasteiger partial charge on any atom is -0.339 e. The molecule has 2 aromatic rings. The van der Waals surface area contributed by atoms with Crippen molar-refractivity contribution in [2.24, 2.45) is 4.99 Å². The Morgan fingerprint density at radius 3 is 2.64 bits per heavy atom. The number of carbonyl (C=O) groups excluding carboxylic acids is 1. The van der Waals surface area contributed by atoms with Gasteiger partial charge in [0.15, 0.2) is 0 Å². The molecule has 0 radical (unpaired) electrons. The molecule has 0 aromatic heterocycles. The van der Waals surface area contributed by atoms with Gasteiger partial charge < -0.3 is 4.90 Å². The molecule has 0 bridgehead atoms. The molecule has 0 spiro atoms. The number of nitrogens with zero attached hydrogens (tertiary/aromatic N) is 2. The second kappa shape index (κ2) is 6.14. The number of rotatable bonds is 3. The number of hydrogen-bond donors (Lipinski definition) is 0. The summed E-state index contributed by atoms with van der Waals surface area (Å²) in [5.74, 6) is 0.106. The highest BCUT2D eigenvalue weighted by Crippen LogP contribution is 2.28. The minimum atomic E-state index is 0.106. The maximum Gasteiger partial charge on any atom is 0.254 e. The Balaban J connectivity index is 2.09. The third-order valence-electron chi connectivity index (χ3n) is 4.19. The lowest BCUT2D eigenvalue weighted by atomic mass is 9.94. The highest BCUT2D eigenvalue weighted by Gasteiger charge is 2.20. The molecule has 3 rings (SSSR count). The van der Waals surface area contributed by atoms with E-state index < -0.39 is 0 Å². The molecule has 3 heteroatoms. The van der Waals surface area contributed by atoms with Crippen molar-refractivity contribution < 1.29 is 4.79 Å². The Hall–Kier alpha value is -2.42. The van der Waals surface area contributed by atoms with Crippen LogP contribution in [0.4, 0.5) is 5.69 Å². The van der Waals surface area contributed by atoms with Gasteiger partial charge in [0.05, 0.1) is 5.69 Å². The number of hydrogen-bond acceptors (Lipinski definition) is 2. The van der Waals surface area contributed by atoms with Crippen molar-refractivity contribution >= 4 is 17.8 Å². The van der Waals surface area contributed by atoms with Crippen LogP contribution in [0, 0.1) is 0 Å². The lowest BCUT2D eigenvalue weighted by molar-refractivity contribution is 0.0772. The van der Waals surface area contributed by atoms with Crippen LogP contribution in [0.25, 0.3) is 0 Å². The van der Waals surface area contributed by atoms with E-state index >= 15 is 0 Å². The van der Waals surface area contributed by atoms with Crippen molar-refractivity contribution in [2.75, 3.05) is 13.1 Å². The highest BCUT2D eigenvalue weighted by atomic mass is 16.2.